The summed E-state index contributed by atoms with van der Waals surface area (Å²) < 4.78 is 32.9. The molecule has 0 spiro atoms. The third-order valence-electron chi connectivity index (χ3n) is 6.77. The molecular formula is C30H28N2O10S. The molecule has 0 bridgehead atoms. The summed E-state index contributed by atoms with van der Waals surface area (Å²) in [6, 6.07) is 6.64. The van der Waals surface area contributed by atoms with Crippen molar-refractivity contribution in [3.05, 3.63) is 70.3 Å². The zero-order valence-corrected chi connectivity index (χ0v) is 24.6. The molecule has 2 aliphatic rings. The van der Waals surface area contributed by atoms with Gasteiger partial charge in [-0.25, -0.2) is 9.78 Å². The second-order valence-electron chi connectivity index (χ2n) is 9.28. The number of hydrogen-bond donors (Lipinski definition) is 1. The van der Waals surface area contributed by atoms with E-state index in [2.05, 4.69) is 11.6 Å². The van der Waals surface area contributed by atoms with Crippen molar-refractivity contribution in [3.63, 3.8) is 0 Å². The van der Waals surface area contributed by atoms with Gasteiger partial charge < -0.3 is 33.5 Å². The van der Waals surface area contributed by atoms with E-state index in [1.165, 1.54) is 33.5 Å². The fourth-order valence-electron chi connectivity index (χ4n) is 4.83. The Hall–Kier alpha value is -5.04. The smallest absolute Gasteiger partial charge is 0.350 e. The SMILES string of the molecule is C=CCOC(=O)c1sc(N2C(=O)C(=O)C(=C(O)c3ccc4c(c3)OCCO4)C2c2cc(OC)c(OC)c(OC)c2)nc1C. The molecule has 1 amide bonds. The first-order valence-corrected chi connectivity index (χ1v) is 13.8. The Kier molecular flexibility index (Phi) is 8.26. The molecule has 13 heteroatoms. The molecule has 12 nitrogen and oxygen atoms in total. The van der Waals surface area contributed by atoms with Crippen LogP contribution in [-0.2, 0) is 14.3 Å². The number of aryl methyl sites for hydroxylation is 1. The quantitative estimate of drug-likeness (QED) is 0.123. The largest absolute Gasteiger partial charge is 0.507 e. The van der Waals surface area contributed by atoms with Gasteiger partial charge in [0.1, 0.15) is 30.5 Å². The number of carbonyl (C=O) groups excluding carboxylic acids is 3. The van der Waals surface area contributed by atoms with E-state index >= 15 is 0 Å². The molecule has 2 aromatic carbocycles. The summed E-state index contributed by atoms with van der Waals surface area (Å²) in [5, 5.41) is 11.6. The van der Waals surface area contributed by atoms with Gasteiger partial charge >= 0.3 is 11.9 Å². The number of carbonyl (C=O) groups is 3. The van der Waals surface area contributed by atoms with Crippen molar-refractivity contribution >= 4 is 39.9 Å². The number of methoxy groups -OCH3 is 3. The first-order valence-electron chi connectivity index (χ1n) is 13.0. The van der Waals surface area contributed by atoms with Gasteiger partial charge in [-0.3, -0.25) is 14.5 Å². The topological polar surface area (TPSA) is 143 Å². The minimum Gasteiger partial charge on any atom is -0.507 e. The van der Waals surface area contributed by atoms with Gasteiger partial charge in [0.05, 0.1) is 38.6 Å². The summed E-state index contributed by atoms with van der Waals surface area (Å²) in [4.78, 5) is 45.8. The van der Waals surface area contributed by atoms with Gasteiger partial charge in [-0.05, 0) is 42.8 Å². The predicted molar refractivity (Wildman–Crippen MR) is 156 cm³/mol. The van der Waals surface area contributed by atoms with Gasteiger partial charge in [0.25, 0.3) is 5.78 Å². The van der Waals surface area contributed by atoms with Gasteiger partial charge in [0.15, 0.2) is 28.1 Å². The van der Waals surface area contributed by atoms with Crippen LogP contribution < -0.4 is 28.6 Å². The molecular weight excluding hydrogens is 580 g/mol. The first kappa shape index (κ1) is 29.5. The van der Waals surface area contributed by atoms with Crippen molar-refractivity contribution in [1.82, 2.24) is 4.98 Å². The number of ether oxygens (including phenoxy) is 6. The molecule has 0 saturated carbocycles. The third-order valence-corrected chi connectivity index (χ3v) is 7.91. The van der Waals surface area contributed by atoms with Crippen molar-refractivity contribution in [2.24, 2.45) is 0 Å². The van der Waals surface area contributed by atoms with E-state index in [9.17, 15) is 19.5 Å². The van der Waals surface area contributed by atoms with Crippen LogP contribution in [0.15, 0.2) is 48.6 Å². The Bertz CT molecular complexity index is 1640. The number of hydrogen-bond acceptors (Lipinski definition) is 12. The van der Waals surface area contributed by atoms with E-state index in [-0.39, 0.29) is 45.0 Å². The number of ketones is 1. The zero-order chi connectivity index (χ0) is 30.8. The van der Waals surface area contributed by atoms with Crippen LogP contribution in [0.4, 0.5) is 5.13 Å². The molecule has 43 heavy (non-hydrogen) atoms. The molecule has 2 aliphatic heterocycles. The predicted octanol–water partition coefficient (Wildman–Crippen LogP) is 4.22. The Morgan fingerprint density at radius 1 is 1.09 bits per heavy atom. The van der Waals surface area contributed by atoms with Gasteiger partial charge in [-0.1, -0.05) is 24.0 Å². The maximum atomic E-state index is 13.7. The van der Waals surface area contributed by atoms with E-state index in [4.69, 9.17) is 28.4 Å². The highest BCUT2D eigenvalue weighted by atomic mass is 32.1. The molecule has 1 fully saturated rings. The van der Waals surface area contributed by atoms with E-state index < -0.39 is 29.5 Å². The van der Waals surface area contributed by atoms with Crippen LogP contribution in [0, 0.1) is 6.92 Å². The molecule has 3 aromatic rings. The number of anilines is 1. The highest BCUT2D eigenvalue weighted by Gasteiger charge is 2.49. The lowest BCUT2D eigenvalue weighted by Crippen LogP contribution is -2.29. The number of aromatic nitrogens is 1. The summed E-state index contributed by atoms with van der Waals surface area (Å²) in [5.74, 6) is -1.36. The first-order chi connectivity index (χ1) is 20.7. The number of amides is 1. The van der Waals surface area contributed by atoms with E-state index in [1.54, 1.807) is 31.2 Å². The summed E-state index contributed by atoms with van der Waals surface area (Å²) in [6.45, 7) is 5.80. The van der Waals surface area contributed by atoms with Crippen molar-refractivity contribution < 1.29 is 47.9 Å². The Balaban J connectivity index is 1.72. The molecule has 224 valence electrons. The number of thiazole rings is 1. The van der Waals surface area contributed by atoms with Crippen molar-refractivity contribution in [3.8, 4) is 28.7 Å². The van der Waals surface area contributed by atoms with E-state index in [0.717, 1.165) is 16.2 Å². The van der Waals surface area contributed by atoms with E-state index in [0.29, 0.717) is 36.0 Å². The number of Topliss-reactive ketones (excluding diaryl/α,β-unsaturated/α-hetero) is 1. The Morgan fingerprint density at radius 2 is 1.77 bits per heavy atom. The molecule has 3 heterocycles. The second-order valence-corrected chi connectivity index (χ2v) is 10.3. The van der Waals surface area contributed by atoms with Crippen molar-refractivity contribution in [2.45, 2.75) is 13.0 Å². The maximum absolute atomic E-state index is 13.7. The monoisotopic (exact) mass is 608 g/mol. The number of esters is 1. The standard InChI is InChI=1S/C30H28N2O10S/c1-6-9-42-29(36)27-15(2)31-30(43-27)32-23(17-13-20(37-3)26(39-5)21(14-17)38-4)22(25(34)28(32)35)24(33)16-7-8-18-19(12-16)41-11-10-40-18/h6-8,12-14,23,33H,1,9-11H2,2-5H3. The van der Waals surface area contributed by atoms with Crippen LogP contribution in [0.5, 0.6) is 28.7 Å². The molecule has 5 rings (SSSR count). The maximum Gasteiger partial charge on any atom is 0.350 e. The Morgan fingerprint density at radius 3 is 2.40 bits per heavy atom. The molecule has 1 atom stereocenters. The average molecular weight is 609 g/mol. The number of rotatable bonds is 9. The molecule has 0 aliphatic carbocycles. The summed E-state index contributed by atoms with van der Waals surface area (Å²) in [6.07, 6.45) is 1.43. The van der Waals surface area contributed by atoms with E-state index in [1.807, 2.05) is 0 Å². The zero-order valence-electron chi connectivity index (χ0n) is 23.8. The van der Waals surface area contributed by atoms with Crippen LogP contribution in [0.3, 0.4) is 0 Å². The van der Waals surface area contributed by atoms with Crippen molar-refractivity contribution in [2.75, 3.05) is 46.0 Å². The summed E-state index contributed by atoms with van der Waals surface area (Å²) in [7, 11) is 4.30. The number of benzene rings is 2. The minimum absolute atomic E-state index is 0.0169. The van der Waals surface area contributed by atoms with Crippen LogP contribution in [-0.4, -0.2) is 68.9 Å². The van der Waals surface area contributed by atoms with Gasteiger partial charge in [0, 0.05) is 5.56 Å². The number of fused-ring (bicyclic) bond motifs is 1. The fourth-order valence-corrected chi connectivity index (χ4v) is 5.81. The van der Waals surface area contributed by atoms with Crippen LogP contribution in [0.1, 0.15) is 32.5 Å². The van der Waals surface area contributed by atoms with Gasteiger partial charge in [0.2, 0.25) is 5.75 Å². The van der Waals surface area contributed by atoms with Crippen LogP contribution in [0.2, 0.25) is 0 Å². The molecule has 1 unspecified atom stereocenters. The molecule has 1 aromatic heterocycles. The fraction of sp³-hybridized carbons (Fsp3) is 0.267. The Labute approximate surface area is 250 Å². The lowest BCUT2D eigenvalue weighted by molar-refractivity contribution is -0.132. The average Bonchev–Trinajstić information content (AvgIpc) is 3.54. The van der Waals surface area contributed by atoms with Crippen molar-refractivity contribution in [1.29, 1.82) is 0 Å². The third kappa shape index (κ3) is 5.23. The molecule has 0 radical (unpaired) electrons. The molecule has 1 saturated heterocycles. The lowest BCUT2D eigenvalue weighted by atomic mass is 9.94. The molecule has 1 N–H and O–H groups in total. The minimum atomic E-state index is -1.20. The second kappa shape index (κ2) is 12.1. The number of aliphatic hydroxyl groups is 1. The highest BCUT2D eigenvalue weighted by molar-refractivity contribution is 7.17. The van der Waals surface area contributed by atoms with Gasteiger partial charge in [-0.2, -0.15) is 0 Å². The normalized spacial score (nSPS) is 17.0. The number of aliphatic hydroxyl groups excluding tert-OH is 1. The van der Waals surface area contributed by atoms with Gasteiger partial charge in [-0.15, -0.1) is 0 Å². The highest BCUT2D eigenvalue weighted by Crippen LogP contribution is 2.48. The van der Waals surface area contributed by atoms with Crippen LogP contribution >= 0.6 is 11.3 Å². The number of nitrogens with zero attached hydrogens (tertiary/aromatic N) is 2. The van der Waals surface area contributed by atoms with Crippen LogP contribution in [0.25, 0.3) is 5.76 Å². The lowest BCUT2D eigenvalue weighted by Gasteiger charge is -2.25. The summed E-state index contributed by atoms with van der Waals surface area (Å²) >= 11 is 0.880. The summed E-state index contributed by atoms with van der Waals surface area (Å²) in [5.41, 5.74) is 0.645.